The van der Waals surface area contributed by atoms with Crippen LogP contribution in [0.5, 0.6) is 5.75 Å². The van der Waals surface area contributed by atoms with E-state index >= 15 is 0 Å². The Hall–Kier alpha value is -1.51. The molecule has 0 amide bonds. The number of aryl methyl sites for hydroxylation is 1. The summed E-state index contributed by atoms with van der Waals surface area (Å²) in [6.45, 7) is 8.07. The van der Waals surface area contributed by atoms with E-state index in [0.29, 0.717) is 11.7 Å². The first kappa shape index (κ1) is 13.6. The molecule has 0 aliphatic heterocycles. The fourth-order valence-corrected chi connectivity index (χ4v) is 1.84. The van der Waals surface area contributed by atoms with E-state index < -0.39 is 5.97 Å². The number of carbonyl (C=O) groups is 1. The van der Waals surface area contributed by atoms with Crippen molar-refractivity contribution < 1.29 is 14.6 Å². The molecule has 0 saturated carbocycles. The Morgan fingerprint density at radius 1 is 1.35 bits per heavy atom. The lowest BCUT2D eigenvalue weighted by atomic mass is 10.1. The smallest absolute Gasteiger partial charge is 0.339 e. The highest BCUT2D eigenvalue weighted by molar-refractivity contribution is 5.91. The molecule has 0 aliphatic carbocycles. The molecule has 0 spiro atoms. The zero-order chi connectivity index (χ0) is 13.0. The first-order valence-electron chi connectivity index (χ1n) is 5.90. The summed E-state index contributed by atoms with van der Waals surface area (Å²) in [6.07, 6.45) is 0.934. The van der Waals surface area contributed by atoms with Gasteiger partial charge in [-0.05, 0) is 38.3 Å². The van der Waals surface area contributed by atoms with Gasteiger partial charge in [-0.3, -0.25) is 0 Å². The molecular weight excluding hydrogens is 216 g/mol. The van der Waals surface area contributed by atoms with Crippen LogP contribution in [0.1, 0.15) is 43.1 Å². The third-order valence-corrected chi connectivity index (χ3v) is 2.50. The third kappa shape index (κ3) is 4.10. The van der Waals surface area contributed by atoms with Crippen LogP contribution in [0.3, 0.4) is 0 Å². The summed E-state index contributed by atoms with van der Waals surface area (Å²) in [5.41, 5.74) is 1.16. The fraction of sp³-hybridized carbons (Fsp3) is 0.500. The van der Waals surface area contributed by atoms with Crippen LogP contribution in [0.4, 0.5) is 0 Å². The SMILES string of the molecule is Cc1ccc(OC(C)CC(C)C)c(C(=O)O)c1. The van der Waals surface area contributed by atoms with Crippen molar-refractivity contribution in [2.75, 3.05) is 0 Å². The summed E-state index contributed by atoms with van der Waals surface area (Å²) in [5.74, 6) is 0.0421. The van der Waals surface area contributed by atoms with Crippen molar-refractivity contribution >= 4 is 5.97 Å². The van der Waals surface area contributed by atoms with E-state index in [4.69, 9.17) is 9.84 Å². The quantitative estimate of drug-likeness (QED) is 0.851. The molecule has 94 valence electrons. The van der Waals surface area contributed by atoms with Gasteiger partial charge in [-0.1, -0.05) is 25.5 Å². The summed E-state index contributed by atoms with van der Waals surface area (Å²) in [7, 11) is 0. The van der Waals surface area contributed by atoms with Gasteiger partial charge in [-0.25, -0.2) is 4.79 Å². The summed E-state index contributed by atoms with van der Waals surface area (Å²) in [5, 5.41) is 9.10. The molecule has 1 aromatic rings. The topological polar surface area (TPSA) is 46.5 Å². The molecule has 1 rings (SSSR count). The van der Waals surface area contributed by atoms with Crippen LogP contribution in [0.2, 0.25) is 0 Å². The molecule has 3 nitrogen and oxygen atoms in total. The maximum Gasteiger partial charge on any atom is 0.339 e. The lowest BCUT2D eigenvalue weighted by Crippen LogP contribution is -2.16. The number of rotatable bonds is 5. The highest BCUT2D eigenvalue weighted by Crippen LogP contribution is 2.22. The predicted octanol–water partition coefficient (Wildman–Crippen LogP) is 3.51. The van der Waals surface area contributed by atoms with Crippen LogP contribution in [-0.4, -0.2) is 17.2 Å². The van der Waals surface area contributed by atoms with Crippen LogP contribution < -0.4 is 4.74 Å². The van der Waals surface area contributed by atoms with E-state index in [1.165, 1.54) is 0 Å². The van der Waals surface area contributed by atoms with E-state index in [1.54, 1.807) is 12.1 Å². The van der Waals surface area contributed by atoms with Crippen LogP contribution in [0.15, 0.2) is 18.2 Å². The summed E-state index contributed by atoms with van der Waals surface area (Å²) >= 11 is 0. The molecule has 1 unspecified atom stereocenters. The minimum atomic E-state index is -0.944. The zero-order valence-electron chi connectivity index (χ0n) is 10.9. The first-order chi connectivity index (χ1) is 7.90. The Balaban J connectivity index is 2.86. The van der Waals surface area contributed by atoms with Gasteiger partial charge in [0.2, 0.25) is 0 Å². The maximum atomic E-state index is 11.1. The Bertz CT molecular complexity index is 396. The second kappa shape index (κ2) is 5.71. The Kier molecular flexibility index (Phi) is 4.55. The average molecular weight is 236 g/mol. The highest BCUT2D eigenvalue weighted by atomic mass is 16.5. The summed E-state index contributed by atoms with van der Waals surface area (Å²) in [4.78, 5) is 11.1. The van der Waals surface area contributed by atoms with Gasteiger partial charge < -0.3 is 9.84 Å². The van der Waals surface area contributed by atoms with E-state index in [9.17, 15) is 4.79 Å². The van der Waals surface area contributed by atoms with Gasteiger partial charge in [0.15, 0.2) is 0 Å². The fourth-order valence-electron chi connectivity index (χ4n) is 1.84. The molecule has 1 aromatic carbocycles. The molecule has 1 N–H and O–H groups in total. The molecule has 1 atom stereocenters. The minimum absolute atomic E-state index is 0.0239. The number of aromatic carboxylic acids is 1. The lowest BCUT2D eigenvalue weighted by Gasteiger charge is -2.18. The van der Waals surface area contributed by atoms with Gasteiger partial charge in [0, 0.05) is 0 Å². The van der Waals surface area contributed by atoms with Crippen molar-refractivity contribution in [3.63, 3.8) is 0 Å². The van der Waals surface area contributed by atoms with Crippen molar-refractivity contribution in [2.45, 2.75) is 40.2 Å². The molecule has 0 bridgehead atoms. The molecule has 0 saturated heterocycles. The van der Waals surface area contributed by atoms with Gasteiger partial charge in [0.25, 0.3) is 0 Å². The highest BCUT2D eigenvalue weighted by Gasteiger charge is 2.14. The molecule has 0 fully saturated rings. The molecule has 0 heterocycles. The van der Waals surface area contributed by atoms with Gasteiger partial charge in [-0.15, -0.1) is 0 Å². The van der Waals surface area contributed by atoms with Crippen molar-refractivity contribution in [1.82, 2.24) is 0 Å². The van der Waals surface area contributed by atoms with Crippen LogP contribution in [0, 0.1) is 12.8 Å². The van der Waals surface area contributed by atoms with Crippen LogP contribution in [0.25, 0.3) is 0 Å². The van der Waals surface area contributed by atoms with Crippen molar-refractivity contribution in [1.29, 1.82) is 0 Å². The number of carboxylic acid groups (broad SMARTS) is 1. The predicted molar refractivity (Wildman–Crippen MR) is 67.7 cm³/mol. The number of carboxylic acids is 1. The van der Waals surface area contributed by atoms with E-state index in [2.05, 4.69) is 13.8 Å². The van der Waals surface area contributed by atoms with Crippen LogP contribution in [-0.2, 0) is 0 Å². The molecule has 3 heteroatoms. The Morgan fingerprint density at radius 3 is 2.53 bits per heavy atom. The zero-order valence-corrected chi connectivity index (χ0v) is 10.9. The van der Waals surface area contributed by atoms with E-state index in [-0.39, 0.29) is 11.7 Å². The number of ether oxygens (including phenoxy) is 1. The third-order valence-electron chi connectivity index (χ3n) is 2.50. The van der Waals surface area contributed by atoms with Crippen molar-refractivity contribution in [3.8, 4) is 5.75 Å². The van der Waals surface area contributed by atoms with Crippen molar-refractivity contribution in [3.05, 3.63) is 29.3 Å². The Morgan fingerprint density at radius 2 is 2.00 bits per heavy atom. The second-order valence-corrected chi connectivity index (χ2v) is 4.86. The van der Waals surface area contributed by atoms with E-state index in [1.807, 2.05) is 19.9 Å². The lowest BCUT2D eigenvalue weighted by molar-refractivity contribution is 0.0689. The normalized spacial score (nSPS) is 12.5. The largest absolute Gasteiger partial charge is 0.490 e. The number of benzene rings is 1. The summed E-state index contributed by atoms with van der Waals surface area (Å²) in [6, 6.07) is 5.24. The Labute approximate surface area is 102 Å². The maximum absolute atomic E-state index is 11.1. The standard InChI is InChI=1S/C14H20O3/c1-9(2)7-11(4)17-13-6-5-10(3)8-12(13)14(15)16/h5-6,8-9,11H,7H2,1-4H3,(H,15,16). The molecule has 0 radical (unpaired) electrons. The monoisotopic (exact) mass is 236 g/mol. The van der Waals surface area contributed by atoms with Gasteiger partial charge in [-0.2, -0.15) is 0 Å². The first-order valence-corrected chi connectivity index (χ1v) is 5.90. The molecular formula is C14H20O3. The molecule has 0 aliphatic rings. The van der Waals surface area contributed by atoms with Gasteiger partial charge >= 0.3 is 5.97 Å². The molecule has 0 aromatic heterocycles. The average Bonchev–Trinajstić information content (AvgIpc) is 2.19. The summed E-state index contributed by atoms with van der Waals surface area (Å²) < 4.78 is 5.69. The second-order valence-electron chi connectivity index (χ2n) is 4.86. The van der Waals surface area contributed by atoms with Gasteiger partial charge in [0.1, 0.15) is 11.3 Å². The van der Waals surface area contributed by atoms with Crippen LogP contribution >= 0.6 is 0 Å². The minimum Gasteiger partial charge on any atom is -0.490 e. The van der Waals surface area contributed by atoms with Gasteiger partial charge in [0.05, 0.1) is 6.10 Å². The van der Waals surface area contributed by atoms with E-state index in [0.717, 1.165) is 12.0 Å². The molecule has 17 heavy (non-hydrogen) atoms. The number of hydrogen-bond acceptors (Lipinski definition) is 2. The number of hydrogen-bond donors (Lipinski definition) is 1. The van der Waals surface area contributed by atoms with Crippen molar-refractivity contribution in [2.24, 2.45) is 5.92 Å².